The van der Waals surface area contributed by atoms with Crippen molar-refractivity contribution in [1.82, 2.24) is 9.88 Å². The van der Waals surface area contributed by atoms with Crippen LogP contribution < -0.4 is 4.90 Å². The van der Waals surface area contributed by atoms with Gasteiger partial charge in [-0.2, -0.15) is 13.2 Å². The van der Waals surface area contributed by atoms with Crippen molar-refractivity contribution in [2.24, 2.45) is 5.92 Å². The van der Waals surface area contributed by atoms with Gasteiger partial charge in [0.1, 0.15) is 5.82 Å². The van der Waals surface area contributed by atoms with Gasteiger partial charge in [0.25, 0.3) is 0 Å². The van der Waals surface area contributed by atoms with Gasteiger partial charge in [0.15, 0.2) is 0 Å². The van der Waals surface area contributed by atoms with Crippen LogP contribution in [0.4, 0.5) is 19.0 Å². The Morgan fingerprint density at radius 3 is 2.52 bits per heavy atom. The largest absolute Gasteiger partial charge is 0.417 e. The number of nitrogens with zero attached hydrogens (tertiary/aromatic N) is 3. The fraction of sp³-hybridized carbons (Fsp3) is 0.647. The molecule has 25 heavy (non-hydrogen) atoms. The summed E-state index contributed by atoms with van der Waals surface area (Å²) in [6, 6.07) is 2.46. The minimum absolute atomic E-state index is 0.0319. The van der Waals surface area contributed by atoms with Gasteiger partial charge < -0.3 is 14.5 Å². The number of carbonyl (C=O) groups is 1. The predicted octanol–water partition coefficient (Wildman–Crippen LogP) is 2.57. The molecule has 2 aliphatic rings. The lowest BCUT2D eigenvalue weighted by Crippen LogP contribution is -2.40. The third-order valence-electron chi connectivity index (χ3n) is 4.78. The molecule has 1 aromatic rings. The third kappa shape index (κ3) is 4.42. The van der Waals surface area contributed by atoms with E-state index in [1.54, 1.807) is 0 Å². The first-order valence-corrected chi connectivity index (χ1v) is 8.60. The van der Waals surface area contributed by atoms with Crippen LogP contribution >= 0.6 is 0 Å². The molecule has 0 aromatic carbocycles. The fourth-order valence-electron chi connectivity index (χ4n) is 3.31. The van der Waals surface area contributed by atoms with Crippen LogP contribution in [0, 0.1) is 5.92 Å². The Labute approximate surface area is 144 Å². The van der Waals surface area contributed by atoms with Crippen LogP contribution in [-0.2, 0) is 15.7 Å². The van der Waals surface area contributed by atoms with E-state index in [1.165, 1.54) is 6.07 Å². The molecule has 0 bridgehead atoms. The maximum atomic E-state index is 12.6. The van der Waals surface area contributed by atoms with Crippen molar-refractivity contribution in [2.75, 3.05) is 44.3 Å². The van der Waals surface area contributed by atoms with Crippen molar-refractivity contribution in [2.45, 2.75) is 25.4 Å². The highest BCUT2D eigenvalue weighted by atomic mass is 19.4. The molecule has 2 saturated heterocycles. The number of halogens is 3. The van der Waals surface area contributed by atoms with Crippen molar-refractivity contribution >= 4 is 11.7 Å². The molecule has 0 unspecified atom stereocenters. The van der Waals surface area contributed by atoms with E-state index in [9.17, 15) is 18.0 Å². The SMILES string of the molecule is O=C(C1CCOCC1)N1CCCN(c2ccc(C(F)(F)F)cn2)CC1. The standard InChI is InChI=1S/C17H22F3N3O2/c18-17(19,20)14-2-3-15(21-12-14)22-6-1-7-23(9-8-22)16(24)13-4-10-25-11-5-13/h2-3,12-13H,1,4-11H2. The number of carbonyl (C=O) groups excluding carboxylic acids is 1. The summed E-state index contributed by atoms with van der Waals surface area (Å²) in [4.78, 5) is 20.4. The molecule has 2 aliphatic heterocycles. The molecule has 3 rings (SSSR count). The van der Waals surface area contributed by atoms with E-state index >= 15 is 0 Å². The highest BCUT2D eigenvalue weighted by Gasteiger charge is 2.31. The molecule has 138 valence electrons. The normalized spacial score (nSPS) is 20.4. The second-order valence-corrected chi connectivity index (χ2v) is 6.46. The summed E-state index contributed by atoms with van der Waals surface area (Å²) in [5.74, 6) is 0.725. The molecular formula is C17H22F3N3O2. The van der Waals surface area contributed by atoms with Gasteiger partial charge in [0, 0.05) is 51.5 Å². The lowest BCUT2D eigenvalue weighted by molar-refractivity contribution is -0.138. The third-order valence-corrected chi connectivity index (χ3v) is 4.78. The van der Waals surface area contributed by atoms with Crippen molar-refractivity contribution in [1.29, 1.82) is 0 Å². The zero-order valence-corrected chi connectivity index (χ0v) is 14.0. The minimum atomic E-state index is -4.38. The van der Waals surface area contributed by atoms with E-state index in [0.717, 1.165) is 31.5 Å². The van der Waals surface area contributed by atoms with E-state index in [4.69, 9.17) is 4.74 Å². The summed E-state index contributed by atoms with van der Waals surface area (Å²) in [7, 11) is 0. The molecule has 2 fully saturated rings. The average molecular weight is 357 g/mol. The lowest BCUT2D eigenvalue weighted by Gasteiger charge is -2.28. The van der Waals surface area contributed by atoms with Crippen molar-refractivity contribution < 1.29 is 22.7 Å². The fourth-order valence-corrected chi connectivity index (χ4v) is 3.31. The summed E-state index contributed by atoms with van der Waals surface area (Å²) in [5, 5.41) is 0. The van der Waals surface area contributed by atoms with Crippen molar-refractivity contribution in [3.8, 4) is 0 Å². The molecule has 0 spiro atoms. The van der Waals surface area contributed by atoms with E-state index in [2.05, 4.69) is 4.98 Å². The summed E-state index contributed by atoms with van der Waals surface area (Å²) < 4.78 is 43.2. The topological polar surface area (TPSA) is 45.7 Å². The monoisotopic (exact) mass is 357 g/mol. The van der Waals surface area contributed by atoms with Gasteiger partial charge in [0.05, 0.1) is 5.56 Å². The molecule has 0 radical (unpaired) electrons. The van der Waals surface area contributed by atoms with Crippen LogP contribution in [0.25, 0.3) is 0 Å². The molecule has 8 heteroatoms. The van der Waals surface area contributed by atoms with E-state index < -0.39 is 11.7 Å². The molecule has 1 amide bonds. The summed E-state index contributed by atoms with van der Waals surface area (Å²) in [6.07, 6.45) is -1.21. The van der Waals surface area contributed by atoms with Crippen LogP contribution in [0.1, 0.15) is 24.8 Å². The molecule has 0 saturated carbocycles. The van der Waals surface area contributed by atoms with E-state index in [-0.39, 0.29) is 11.8 Å². The maximum absolute atomic E-state index is 12.6. The van der Waals surface area contributed by atoms with Crippen LogP contribution in [0.15, 0.2) is 18.3 Å². The lowest BCUT2D eigenvalue weighted by atomic mass is 9.98. The van der Waals surface area contributed by atoms with Gasteiger partial charge in [-0.1, -0.05) is 0 Å². The number of aromatic nitrogens is 1. The van der Waals surface area contributed by atoms with Gasteiger partial charge in [-0.3, -0.25) is 4.79 Å². The van der Waals surface area contributed by atoms with Crippen LogP contribution in [0.5, 0.6) is 0 Å². The quantitative estimate of drug-likeness (QED) is 0.816. The molecule has 5 nitrogen and oxygen atoms in total. The van der Waals surface area contributed by atoms with Crippen LogP contribution in [-0.4, -0.2) is 55.2 Å². The van der Waals surface area contributed by atoms with Gasteiger partial charge >= 0.3 is 6.18 Å². The van der Waals surface area contributed by atoms with Gasteiger partial charge in [-0.05, 0) is 31.4 Å². The summed E-state index contributed by atoms with van der Waals surface area (Å²) in [6.45, 7) is 3.76. The molecular weight excluding hydrogens is 335 g/mol. The first-order valence-electron chi connectivity index (χ1n) is 8.60. The molecule has 0 atom stereocenters. The molecule has 3 heterocycles. The van der Waals surface area contributed by atoms with Gasteiger partial charge in [-0.15, -0.1) is 0 Å². The second-order valence-electron chi connectivity index (χ2n) is 6.46. The Balaban J connectivity index is 1.60. The second kappa shape index (κ2) is 7.59. The predicted molar refractivity (Wildman–Crippen MR) is 86.2 cm³/mol. The van der Waals surface area contributed by atoms with Crippen molar-refractivity contribution in [3.05, 3.63) is 23.9 Å². The van der Waals surface area contributed by atoms with E-state index in [1.807, 2.05) is 9.80 Å². The zero-order valence-electron chi connectivity index (χ0n) is 14.0. The highest BCUT2D eigenvalue weighted by molar-refractivity contribution is 5.79. The number of anilines is 1. The number of hydrogen-bond donors (Lipinski definition) is 0. The minimum Gasteiger partial charge on any atom is -0.381 e. The number of ether oxygens (including phenoxy) is 1. The number of hydrogen-bond acceptors (Lipinski definition) is 4. The van der Waals surface area contributed by atoms with Crippen LogP contribution in [0.3, 0.4) is 0 Å². The van der Waals surface area contributed by atoms with Crippen LogP contribution in [0.2, 0.25) is 0 Å². The Morgan fingerprint density at radius 1 is 1.12 bits per heavy atom. The summed E-state index contributed by atoms with van der Waals surface area (Å²) >= 11 is 0. The van der Waals surface area contributed by atoms with Crippen molar-refractivity contribution in [3.63, 3.8) is 0 Å². The number of amides is 1. The Morgan fingerprint density at radius 2 is 1.88 bits per heavy atom. The number of alkyl halides is 3. The zero-order chi connectivity index (χ0) is 17.9. The maximum Gasteiger partial charge on any atom is 0.417 e. The molecule has 1 aromatic heterocycles. The van der Waals surface area contributed by atoms with Gasteiger partial charge in [-0.25, -0.2) is 4.98 Å². The molecule has 0 aliphatic carbocycles. The summed E-state index contributed by atoms with van der Waals surface area (Å²) in [5.41, 5.74) is -0.748. The Kier molecular flexibility index (Phi) is 5.46. The van der Waals surface area contributed by atoms with E-state index in [0.29, 0.717) is 45.2 Å². The highest BCUT2D eigenvalue weighted by Crippen LogP contribution is 2.29. The first-order chi connectivity index (χ1) is 11.9. The van der Waals surface area contributed by atoms with Gasteiger partial charge in [0.2, 0.25) is 5.91 Å². The Bertz CT molecular complexity index is 586. The smallest absolute Gasteiger partial charge is 0.381 e. The molecule has 0 N–H and O–H groups in total. The number of rotatable bonds is 2. The number of pyridine rings is 1. The average Bonchev–Trinajstić information content (AvgIpc) is 2.87. The first kappa shape index (κ1) is 18.0. The Hall–Kier alpha value is -1.83.